The van der Waals surface area contributed by atoms with Crippen molar-refractivity contribution in [2.75, 3.05) is 0 Å². The molecule has 0 amide bonds. The molecule has 146 valence electrons. The summed E-state index contributed by atoms with van der Waals surface area (Å²) >= 11 is 3.69. The standard InChI is InChI=1S/C20H23BrO6/c1-16-11(22)3-5-20(27-15(16)25)9-2-4-19(26)8-17(9,7-18(19)6-10(18)21)12(13(16)20)14(23)24/h3,5,9-13,22,26H,2,4,6-8H2,1H3,(H,23,24)/t9-,10?,11+,12-,13-,16-,17+,18+,19+,20-/m1/s1. The van der Waals surface area contributed by atoms with Gasteiger partial charge in [-0.15, -0.1) is 0 Å². The van der Waals surface area contributed by atoms with E-state index < -0.39 is 51.9 Å². The SMILES string of the molecule is C[C@@]12C(=O)O[C@]3(C=C[C@@H]1O)[C@@H]1CC[C@]4(O)C[C@]1(C[C@]41CC1Br)[C@@H](C(=O)O)[C@@H]32. The number of fused-ring (bicyclic) bond motifs is 2. The minimum Gasteiger partial charge on any atom is -0.481 e. The van der Waals surface area contributed by atoms with Gasteiger partial charge in [0, 0.05) is 22.1 Å². The molecule has 10 atom stereocenters. The zero-order valence-electron chi connectivity index (χ0n) is 15.0. The molecule has 3 N–H and O–H groups in total. The van der Waals surface area contributed by atoms with Crippen molar-refractivity contribution in [1.29, 1.82) is 0 Å². The van der Waals surface area contributed by atoms with Gasteiger partial charge in [-0.25, -0.2) is 0 Å². The van der Waals surface area contributed by atoms with Crippen LogP contribution in [0.2, 0.25) is 0 Å². The monoisotopic (exact) mass is 438 g/mol. The fraction of sp³-hybridized carbons (Fsp3) is 0.800. The van der Waals surface area contributed by atoms with Crippen LogP contribution in [-0.2, 0) is 14.3 Å². The van der Waals surface area contributed by atoms with Gasteiger partial charge in [0.2, 0.25) is 0 Å². The van der Waals surface area contributed by atoms with Gasteiger partial charge in [-0.05, 0) is 50.5 Å². The zero-order chi connectivity index (χ0) is 19.2. The van der Waals surface area contributed by atoms with Crippen LogP contribution in [0, 0.1) is 34.0 Å². The molecule has 1 heterocycles. The molecule has 6 rings (SSSR count). The minimum atomic E-state index is -1.25. The van der Waals surface area contributed by atoms with Crippen molar-refractivity contribution in [1.82, 2.24) is 0 Å². The minimum absolute atomic E-state index is 0.134. The number of hydrogen-bond donors (Lipinski definition) is 3. The highest BCUT2D eigenvalue weighted by Crippen LogP contribution is 2.83. The number of aliphatic hydroxyl groups is 2. The third kappa shape index (κ3) is 1.45. The Kier molecular flexibility index (Phi) is 2.71. The summed E-state index contributed by atoms with van der Waals surface area (Å²) in [6.07, 6.45) is 5.53. The molecule has 4 bridgehead atoms. The van der Waals surface area contributed by atoms with Crippen LogP contribution in [0.1, 0.15) is 39.0 Å². The smallest absolute Gasteiger partial charge is 0.316 e. The number of aliphatic hydroxyl groups excluding tert-OH is 1. The number of hydrogen-bond acceptors (Lipinski definition) is 5. The predicted molar refractivity (Wildman–Crippen MR) is 95.8 cm³/mol. The van der Waals surface area contributed by atoms with Gasteiger partial charge >= 0.3 is 11.9 Å². The molecule has 2 spiro atoms. The summed E-state index contributed by atoms with van der Waals surface area (Å²) in [6.45, 7) is 1.65. The number of carbonyl (C=O) groups excluding carboxylic acids is 1. The fourth-order valence-electron chi connectivity index (χ4n) is 8.37. The molecular weight excluding hydrogens is 416 g/mol. The highest BCUT2D eigenvalue weighted by molar-refractivity contribution is 9.09. The molecule has 1 unspecified atom stereocenters. The van der Waals surface area contributed by atoms with Crippen molar-refractivity contribution in [3.05, 3.63) is 12.2 Å². The number of halogens is 1. The van der Waals surface area contributed by atoms with E-state index in [0.717, 1.165) is 6.42 Å². The third-order valence-electron chi connectivity index (χ3n) is 9.47. The van der Waals surface area contributed by atoms with Gasteiger partial charge in [-0.2, -0.15) is 0 Å². The van der Waals surface area contributed by atoms with Crippen molar-refractivity contribution in [2.24, 2.45) is 34.0 Å². The molecule has 27 heavy (non-hydrogen) atoms. The van der Waals surface area contributed by atoms with Crippen LogP contribution in [-0.4, -0.2) is 49.4 Å². The first-order valence-corrected chi connectivity index (χ1v) is 10.7. The van der Waals surface area contributed by atoms with Gasteiger partial charge in [-0.1, -0.05) is 22.0 Å². The normalized spacial score (nSPS) is 64.4. The van der Waals surface area contributed by atoms with E-state index in [2.05, 4.69) is 15.9 Å². The molecule has 0 radical (unpaired) electrons. The van der Waals surface area contributed by atoms with E-state index >= 15 is 0 Å². The second-order valence-corrected chi connectivity index (χ2v) is 11.3. The second-order valence-electron chi connectivity index (χ2n) is 10.2. The number of carboxylic acids is 1. The van der Waals surface area contributed by atoms with Crippen molar-refractivity contribution < 1.29 is 29.6 Å². The van der Waals surface area contributed by atoms with E-state index in [1.165, 1.54) is 0 Å². The number of ether oxygens (including phenoxy) is 1. The largest absolute Gasteiger partial charge is 0.481 e. The Balaban J connectivity index is 1.60. The molecule has 1 saturated heterocycles. The van der Waals surface area contributed by atoms with E-state index in [9.17, 15) is 24.9 Å². The van der Waals surface area contributed by atoms with Crippen molar-refractivity contribution in [3.63, 3.8) is 0 Å². The summed E-state index contributed by atoms with van der Waals surface area (Å²) in [6, 6.07) is 0. The Morgan fingerprint density at radius 1 is 1.37 bits per heavy atom. The van der Waals surface area contributed by atoms with Crippen LogP contribution in [0.4, 0.5) is 0 Å². The molecule has 0 aromatic heterocycles. The molecular formula is C20H23BrO6. The fourth-order valence-corrected chi connectivity index (χ4v) is 9.54. The van der Waals surface area contributed by atoms with Crippen LogP contribution in [0.25, 0.3) is 0 Å². The first kappa shape index (κ1) is 17.0. The number of alkyl halides is 1. The Hall–Kier alpha value is -0.920. The summed E-state index contributed by atoms with van der Waals surface area (Å²) in [5.41, 5.74) is -3.97. The van der Waals surface area contributed by atoms with Gasteiger partial charge in [0.15, 0.2) is 0 Å². The van der Waals surface area contributed by atoms with E-state index in [1.54, 1.807) is 19.1 Å². The second kappa shape index (κ2) is 4.31. The van der Waals surface area contributed by atoms with Crippen LogP contribution in [0.3, 0.4) is 0 Å². The summed E-state index contributed by atoms with van der Waals surface area (Å²) < 4.78 is 5.97. The summed E-state index contributed by atoms with van der Waals surface area (Å²) in [5.74, 6) is -2.99. The number of esters is 1. The highest BCUT2D eigenvalue weighted by Gasteiger charge is 2.87. The first-order chi connectivity index (χ1) is 12.6. The average Bonchev–Trinajstić information content (AvgIpc) is 3.03. The Morgan fingerprint density at radius 3 is 2.70 bits per heavy atom. The molecule has 1 aliphatic heterocycles. The van der Waals surface area contributed by atoms with Crippen LogP contribution >= 0.6 is 15.9 Å². The van der Waals surface area contributed by atoms with Crippen LogP contribution < -0.4 is 0 Å². The Labute approximate surface area is 165 Å². The van der Waals surface area contributed by atoms with Gasteiger partial charge in [0.05, 0.1) is 17.6 Å². The summed E-state index contributed by atoms with van der Waals surface area (Å²) in [5, 5.41) is 32.5. The lowest BCUT2D eigenvalue weighted by Gasteiger charge is -2.44. The van der Waals surface area contributed by atoms with Gasteiger partial charge in [0.25, 0.3) is 0 Å². The highest BCUT2D eigenvalue weighted by atomic mass is 79.9. The molecule has 7 heteroatoms. The zero-order valence-corrected chi connectivity index (χ0v) is 16.6. The number of rotatable bonds is 1. The maximum atomic E-state index is 12.8. The maximum Gasteiger partial charge on any atom is 0.316 e. The van der Waals surface area contributed by atoms with Crippen molar-refractivity contribution >= 4 is 27.9 Å². The average molecular weight is 439 g/mol. The van der Waals surface area contributed by atoms with E-state index in [4.69, 9.17) is 4.74 Å². The summed E-state index contributed by atoms with van der Waals surface area (Å²) in [4.78, 5) is 25.6. The van der Waals surface area contributed by atoms with E-state index in [-0.39, 0.29) is 16.2 Å². The van der Waals surface area contributed by atoms with Crippen molar-refractivity contribution in [3.8, 4) is 0 Å². The van der Waals surface area contributed by atoms with Crippen molar-refractivity contribution in [2.45, 2.75) is 61.2 Å². The van der Waals surface area contributed by atoms with E-state index in [1.807, 2.05) is 0 Å². The third-order valence-corrected chi connectivity index (χ3v) is 10.7. The molecule has 6 aliphatic rings. The predicted octanol–water partition coefficient (Wildman–Crippen LogP) is 1.62. The Bertz CT molecular complexity index is 842. The quantitative estimate of drug-likeness (QED) is 0.326. The first-order valence-electron chi connectivity index (χ1n) is 9.78. The summed E-state index contributed by atoms with van der Waals surface area (Å²) in [7, 11) is 0. The lowest BCUT2D eigenvalue weighted by atomic mass is 9.61. The number of aliphatic carboxylic acids is 1. The Morgan fingerprint density at radius 2 is 2.07 bits per heavy atom. The maximum absolute atomic E-state index is 12.8. The molecule has 4 saturated carbocycles. The molecule has 5 fully saturated rings. The molecule has 0 aromatic carbocycles. The van der Waals surface area contributed by atoms with Gasteiger partial charge < -0.3 is 20.1 Å². The van der Waals surface area contributed by atoms with Gasteiger partial charge in [0.1, 0.15) is 11.0 Å². The lowest BCUT2D eigenvalue weighted by Crippen LogP contribution is -2.50. The van der Waals surface area contributed by atoms with Crippen LogP contribution in [0.5, 0.6) is 0 Å². The lowest BCUT2D eigenvalue weighted by molar-refractivity contribution is -0.163. The molecule has 6 nitrogen and oxygen atoms in total. The number of carbonyl (C=O) groups is 2. The molecule has 5 aliphatic carbocycles. The van der Waals surface area contributed by atoms with E-state index in [0.29, 0.717) is 25.7 Å². The molecule has 0 aromatic rings. The van der Waals surface area contributed by atoms with Gasteiger partial charge in [-0.3, -0.25) is 9.59 Å². The topological polar surface area (TPSA) is 104 Å². The number of carboxylic acid groups (broad SMARTS) is 1. The van der Waals surface area contributed by atoms with Crippen LogP contribution in [0.15, 0.2) is 12.2 Å².